The molecule has 5 heteroatoms. The Hall–Kier alpha value is -0.0951. The van der Waals surface area contributed by atoms with Gasteiger partial charge in [0, 0.05) is 0 Å². The van der Waals surface area contributed by atoms with Crippen LogP contribution in [-0.4, -0.2) is 54.1 Å². The van der Waals surface area contributed by atoms with Gasteiger partial charge in [0.15, 0.2) is 0 Å². The lowest BCUT2D eigenvalue weighted by atomic mass is 10.1. The first-order valence-corrected chi connectivity index (χ1v) is 11.7. The number of nitrogens with zero attached hydrogens (tertiary/aromatic N) is 1. The molecule has 4 nitrogen and oxygen atoms in total. The second-order valence-corrected chi connectivity index (χ2v) is 8.68. The summed E-state index contributed by atoms with van der Waals surface area (Å²) in [6.07, 6.45) is 23.0. The lowest BCUT2D eigenvalue weighted by Gasteiger charge is -2.30. The van der Waals surface area contributed by atoms with E-state index in [9.17, 15) is 0 Å². The maximum atomic E-state index is 7.17. The van der Waals surface area contributed by atoms with E-state index in [4.69, 9.17) is 15.1 Å². The smallest absolute Gasteiger partial charge is 0.402 e. The largest absolute Gasteiger partial charge is 0.631 e. The van der Waals surface area contributed by atoms with E-state index in [1.807, 2.05) is 0 Å². The Morgan fingerprint density at radius 3 is 0.963 bits per heavy atom. The normalized spacial score (nSPS) is 11.2. The van der Waals surface area contributed by atoms with E-state index in [2.05, 4.69) is 27.9 Å². The van der Waals surface area contributed by atoms with Crippen LogP contribution in [0, 0.1) is 0 Å². The Morgan fingerprint density at radius 1 is 0.481 bits per heavy atom. The first-order chi connectivity index (χ1) is 12.9. The average molecular weight is 388 g/mol. The molecule has 0 saturated carbocycles. The van der Waals surface area contributed by atoms with Crippen LogP contribution < -0.4 is 0 Å². The minimum absolute atomic E-state index is 1.24. The Kier molecular flexibility index (Phi) is 23.9. The second-order valence-electron chi connectivity index (χ2n) is 8.68. The van der Waals surface area contributed by atoms with E-state index >= 15 is 0 Å². The third-order valence-electron chi connectivity index (χ3n) is 5.23. The molecule has 0 atom stereocenters. The van der Waals surface area contributed by atoms with Crippen molar-refractivity contribution in [3.8, 4) is 0 Å². The predicted molar refractivity (Wildman–Crippen MR) is 119 cm³/mol. The van der Waals surface area contributed by atoms with Crippen LogP contribution in [0.2, 0.25) is 0 Å². The maximum Gasteiger partial charge on any atom is 0.631 e. The Bertz CT molecular complexity index is 252. The van der Waals surface area contributed by atoms with Crippen LogP contribution in [0.1, 0.15) is 117 Å². The summed E-state index contributed by atoms with van der Waals surface area (Å²) >= 11 is 0. The van der Waals surface area contributed by atoms with Crippen LogP contribution in [0.15, 0.2) is 0 Å². The molecule has 164 valence electrons. The highest BCUT2D eigenvalue weighted by Gasteiger charge is 2.13. The Morgan fingerprint density at radius 2 is 0.704 bits per heavy atom. The van der Waals surface area contributed by atoms with Crippen molar-refractivity contribution in [2.45, 2.75) is 117 Å². The van der Waals surface area contributed by atoms with Crippen molar-refractivity contribution in [3.05, 3.63) is 0 Å². The van der Waals surface area contributed by atoms with Crippen molar-refractivity contribution in [3.63, 3.8) is 0 Å². The minimum Gasteiger partial charge on any atom is -0.402 e. The molecule has 0 aromatic carbocycles. The van der Waals surface area contributed by atoms with Gasteiger partial charge in [0.05, 0.1) is 27.2 Å². The number of unbranched alkanes of at least 4 members (excludes halogenated alkanes) is 14. The molecule has 0 aliphatic heterocycles. The van der Waals surface area contributed by atoms with Gasteiger partial charge in [-0.2, -0.15) is 0 Å². The summed E-state index contributed by atoms with van der Waals surface area (Å²) in [5.74, 6) is 0. The summed E-state index contributed by atoms with van der Waals surface area (Å²) in [7, 11) is 2.70. The van der Waals surface area contributed by atoms with Crippen molar-refractivity contribution in [1.29, 1.82) is 0 Å². The lowest BCUT2D eigenvalue weighted by Crippen LogP contribution is -2.41. The Labute approximate surface area is 171 Å². The van der Waals surface area contributed by atoms with Gasteiger partial charge in [0.25, 0.3) is 0 Å². The molecule has 0 saturated heterocycles. The fourth-order valence-corrected chi connectivity index (χ4v) is 3.46. The van der Waals surface area contributed by atoms with Crippen molar-refractivity contribution in [1.82, 2.24) is 0 Å². The average Bonchev–Trinajstić information content (AvgIpc) is 2.59. The lowest BCUT2D eigenvalue weighted by molar-refractivity contribution is -0.890. The monoisotopic (exact) mass is 388 g/mol. The van der Waals surface area contributed by atoms with Crippen molar-refractivity contribution in [2.24, 2.45) is 0 Å². The number of quaternary nitrogens is 1. The van der Waals surface area contributed by atoms with Crippen LogP contribution in [-0.2, 0) is 0 Å². The molecule has 0 radical (unpaired) electrons. The van der Waals surface area contributed by atoms with Crippen LogP contribution in [0.5, 0.6) is 0 Å². The SMILES string of the molecule is CCCCCCCCCC[N+](C)(C)CCCCCCCCCC.OB(O)O. The first kappa shape index (κ1) is 29.1. The number of hydrogen-bond acceptors (Lipinski definition) is 3. The van der Waals surface area contributed by atoms with Crippen molar-refractivity contribution >= 4 is 7.32 Å². The Balaban J connectivity index is 0. The summed E-state index contributed by atoms with van der Waals surface area (Å²) in [5.41, 5.74) is 0. The highest BCUT2D eigenvalue weighted by Crippen LogP contribution is 2.13. The van der Waals surface area contributed by atoms with Gasteiger partial charge >= 0.3 is 7.32 Å². The quantitative estimate of drug-likeness (QED) is 0.170. The fraction of sp³-hybridized carbons (Fsp3) is 1.00. The summed E-state index contributed by atoms with van der Waals surface area (Å²) in [4.78, 5) is 0. The molecular formula is C22H51BNO3+. The van der Waals surface area contributed by atoms with Crippen LogP contribution >= 0.6 is 0 Å². The molecule has 0 aliphatic carbocycles. The van der Waals surface area contributed by atoms with E-state index in [1.165, 1.54) is 120 Å². The van der Waals surface area contributed by atoms with Gasteiger partial charge in [-0.15, -0.1) is 0 Å². The van der Waals surface area contributed by atoms with E-state index < -0.39 is 7.32 Å². The highest BCUT2D eigenvalue weighted by atomic mass is 16.5. The zero-order valence-electron chi connectivity index (χ0n) is 19.1. The van der Waals surface area contributed by atoms with Gasteiger partial charge in [-0.25, -0.2) is 0 Å². The molecule has 0 aromatic heterocycles. The van der Waals surface area contributed by atoms with E-state index in [-0.39, 0.29) is 0 Å². The van der Waals surface area contributed by atoms with Gasteiger partial charge in [-0.3, -0.25) is 0 Å². The molecule has 0 heterocycles. The zero-order valence-corrected chi connectivity index (χ0v) is 19.1. The van der Waals surface area contributed by atoms with Crippen molar-refractivity contribution < 1.29 is 19.6 Å². The molecule has 0 amide bonds. The molecule has 0 spiro atoms. The van der Waals surface area contributed by atoms with Gasteiger partial charge in [-0.1, -0.05) is 90.9 Å². The molecule has 0 fully saturated rings. The van der Waals surface area contributed by atoms with Crippen molar-refractivity contribution in [2.75, 3.05) is 27.2 Å². The van der Waals surface area contributed by atoms with E-state index in [0.717, 1.165) is 0 Å². The molecular weight excluding hydrogens is 337 g/mol. The van der Waals surface area contributed by atoms with Gasteiger partial charge in [0.2, 0.25) is 0 Å². The minimum atomic E-state index is -2.17. The third-order valence-corrected chi connectivity index (χ3v) is 5.23. The standard InChI is InChI=1S/C22H48N.BH3O3/c1-5-7-9-11-13-15-17-19-21-23(3,4)22-20-18-16-14-12-10-8-6-2;2-1(3)4/h5-22H2,1-4H3;2-4H/q+1;. The number of rotatable bonds is 18. The van der Waals surface area contributed by atoms with Gasteiger partial charge < -0.3 is 19.6 Å². The number of hydrogen-bond donors (Lipinski definition) is 3. The molecule has 3 N–H and O–H groups in total. The van der Waals surface area contributed by atoms with E-state index in [1.54, 1.807) is 0 Å². The molecule has 0 bridgehead atoms. The summed E-state index contributed by atoms with van der Waals surface area (Å²) in [6.45, 7) is 7.36. The maximum absolute atomic E-state index is 7.17. The highest BCUT2D eigenvalue weighted by molar-refractivity contribution is 6.30. The molecule has 0 unspecified atom stereocenters. The van der Waals surface area contributed by atoms with Crippen LogP contribution in [0.25, 0.3) is 0 Å². The van der Waals surface area contributed by atoms with Gasteiger partial charge in [-0.05, 0) is 25.7 Å². The zero-order chi connectivity index (χ0) is 20.8. The molecule has 0 aromatic rings. The first-order valence-electron chi connectivity index (χ1n) is 11.7. The second kappa shape index (κ2) is 22.2. The fourth-order valence-electron chi connectivity index (χ4n) is 3.46. The van der Waals surface area contributed by atoms with E-state index in [0.29, 0.717) is 0 Å². The summed E-state index contributed by atoms with van der Waals surface area (Å²) in [6, 6.07) is 0. The van der Waals surface area contributed by atoms with Crippen LogP contribution in [0.4, 0.5) is 0 Å². The molecule has 27 heavy (non-hydrogen) atoms. The topological polar surface area (TPSA) is 60.7 Å². The third kappa shape index (κ3) is 30.9. The summed E-state index contributed by atoms with van der Waals surface area (Å²) < 4.78 is 1.24. The van der Waals surface area contributed by atoms with Crippen LogP contribution in [0.3, 0.4) is 0 Å². The molecule has 0 aliphatic rings. The predicted octanol–water partition coefficient (Wildman–Crippen LogP) is 5.29. The molecule has 0 rings (SSSR count). The van der Waals surface area contributed by atoms with Gasteiger partial charge in [0.1, 0.15) is 0 Å². The summed E-state index contributed by atoms with van der Waals surface area (Å²) in [5, 5.41) is 21.5.